The van der Waals surface area contributed by atoms with Gasteiger partial charge < -0.3 is 0 Å². The first-order chi connectivity index (χ1) is 18.8. The van der Waals surface area contributed by atoms with Crippen LogP contribution in [-0.4, -0.2) is 50.6 Å². The van der Waals surface area contributed by atoms with Crippen LogP contribution in [0.3, 0.4) is 0 Å². The van der Waals surface area contributed by atoms with E-state index in [9.17, 15) is 13.6 Å². The van der Waals surface area contributed by atoms with Gasteiger partial charge in [0.25, 0.3) is 11.8 Å². The first-order valence-electron chi connectivity index (χ1n) is 12.9. The summed E-state index contributed by atoms with van der Waals surface area (Å²) < 4.78 is 29.2. The van der Waals surface area contributed by atoms with Gasteiger partial charge in [-0.25, -0.2) is 13.8 Å². The highest BCUT2D eigenvalue weighted by molar-refractivity contribution is 7.15. The van der Waals surface area contributed by atoms with Crippen molar-refractivity contribution in [2.75, 3.05) is 18.4 Å². The van der Waals surface area contributed by atoms with Gasteiger partial charge in [-0.05, 0) is 54.7 Å². The van der Waals surface area contributed by atoms with Crippen molar-refractivity contribution in [1.29, 1.82) is 5.26 Å². The minimum atomic E-state index is -2.59. The highest BCUT2D eigenvalue weighted by atomic mass is 32.1. The van der Waals surface area contributed by atoms with E-state index in [1.807, 2.05) is 46.1 Å². The number of benzene rings is 2. The summed E-state index contributed by atoms with van der Waals surface area (Å²) in [4.78, 5) is 20.6. The van der Waals surface area contributed by atoms with Crippen LogP contribution in [0.15, 0.2) is 60.9 Å². The standard InChI is InChI=1S/C29H26F2N6OS/c30-29(31)10-11-36(18-29)24-8-9-25-26(13-24)39-28(34-25)35-27(38)22-3-1-2-20(12-22)16-37-17-23(15-33-37)21-6-4-19(14-32)5-7-21/h1-7,12,15,17,24H,8-11,13,16,18H2,(H,34,35,38). The molecule has 1 saturated heterocycles. The van der Waals surface area contributed by atoms with Crippen molar-refractivity contribution in [3.63, 3.8) is 0 Å². The highest BCUT2D eigenvalue weighted by Gasteiger charge is 2.41. The second kappa shape index (κ2) is 10.3. The quantitative estimate of drug-likeness (QED) is 0.352. The van der Waals surface area contributed by atoms with Gasteiger partial charge >= 0.3 is 0 Å². The topological polar surface area (TPSA) is 86.8 Å². The van der Waals surface area contributed by atoms with E-state index in [0.29, 0.717) is 35.8 Å². The molecule has 2 aromatic carbocycles. The molecule has 0 radical (unpaired) electrons. The van der Waals surface area contributed by atoms with Gasteiger partial charge in [-0.15, -0.1) is 11.3 Å². The molecule has 1 aliphatic carbocycles. The molecule has 7 nitrogen and oxygen atoms in total. The van der Waals surface area contributed by atoms with Crippen LogP contribution < -0.4 is 5.32 Å². The minimum Gasteiger partial charge on any atom is -0.298 e. The molecule has 0 saturated carbocycles. The molecule has 1 fully saturated rings. The second-order valence-corrected chi connectivity index (χ2v) is 11.2. The molecule has 3 heterocycles. The predicted molar refractivity (Wildman–Crippen MR) is 145 cm³/mol. The number of aromatic nitrogens is 3. The van der Waals surface area contributed by atoms with Gasteiger partial charge in [0.05, 0.1) is 36.6 Å². The Morgan fingerprint density at radius 1 is 1.21 bits per heavy atom. The van der Waals surface area contributed by atoms with Crippen molar-refractivity contribution >= 4 is 22.4 Å². The summed E-state index contributed by atoms with van der Waals surface area (Å²) >= 11 is 1.44. The molecule has 4 aromatic rings. The number of alkyl halides is 2. The fourth-order valence-electron chi connectivity index (χ4n) is 5.30. The summed E-state index contributed by atoms with van der Waals surface area (Å²) in [6, 6.07) is 17.0. The Hall–Kier alpha value is -3.94. The first-order valence-corrected chi connectivity index (χ1v) is 13.7. The molecule has 39 heavy (non-hydrogen) atoms. The number of amides is 1. The maximum Gasteiger partial charge on any atom is 0.261 e. The van der Waals surface area contributed by atoms with Crippen LogP contribution in [0.4, 0.5) is 13.9 Å². The molecule has 2 aliphatic rings. The molecule has 1 unspecified atom stereocenters. The largest absolute Gasteiger partial charge is 0.298 e. The number of nitrogens with zero attached hydrogens (tertiary/aromatic N) is 5. The number of nitrogens with one attached hydrogen (secondary N) is 1. The van der Waals surface area contributed by atoms with E-state index in [1.54, 1.807) is 24.4 Å². The van der Waals surface area contributed by atoms with Crippen LogP contribution >= 0.6 is 11.3 Å². The van der Waals surface area contributed by atoms with Crippen molar-refractivity contribution in [2.24, 2.45) is 0 Å². The van der Waals surface area contributed by atoms with E-state index in [1.165, 1.54) is 11.3 Å². The van der Waals surface area contributed by atoms with Crippen LogP contribution in [0.5, 0.6) is 0 Å². The van der Waals surface area contributed by atoms with Crippen molar-refractivity contribution in [3.8, 4) is 17.2 Å². The third kappa shape index (κ3) is 5.60. The number of anilines is 1. The molecule has 198 valence electrons. The molecule has 1 amide bonds. The third-order valence-electron chi connectivity index (χ3n) is 7.36. The zero-order valence-electron chi connectivity index (χ0n) is 21.1. The Bertz CT molecular complexity index is 1550. The Labute approximate surface area is 228 Å². The molecular weight excluding hydrogens is 518 g/mol. The minimum absolute atomic E-state index is 0.0713. The lowest BCUT2D eigenvalue weighted by Crippen LogP contribution is -2.38. The van der Waals surface area contributed by atoms with Crippen molar-refractivity contribution < 1.29 is 13.6 Å². The summed E-state index contributed by atoms with van der Waals surface area (Å²) in [7, 11) is 0. The number of rotatable bonds is 6. The second-order valence-electron chi connectivity index (χ2n) is 10.1. The van der Waals surface area contributed by atoms with Crippen molar-refractivity contribution in [1.82, 2.24) is 19.7 Å². The average Bonchev–Trinajstić information content (AvgIpc) is 3.66. The van der Waals surface area contributed by atoms with Crippen LogP contribution in [-0.2, 0) is 19.4 Å². The molecule has 0 bridgehead atoms. The first kappa shape index (κ1) is 25.3. The summed E-state index contributed by atoms with van der Waals surface area (Å²) in [5, 5.41) is 16.9. The lowest BCUT2D eigenvalue weighted by Gasteiger charge is -2.30. The van der Waals surface area contributed by atoms with Gasteiger partial charge in [-0.3, -0.25) is 19.7 Å². The number of carbonyl (C=O) groups excluding carboxylic acids is 1. The van der Waals surface area contributed by atoms with E-state index in [2.05, 4.69) is 21.5 Å². The summed E-state index contributed by atoms with van der Waals surface area (Å²) in [6.45, 7) is 0.766. The van der Waals surface area contributed by atoms with E-state index in [4.69, 9.17) is 5.26 Å². The van der Waals surface area contributed by atoms with Crippen LogP contribution in [0, 0.1) is 11.3 Å². The van der Waals surface area contributed by atoms with Gasteiger partial charge in [0.15, 0.2) is 5.13 Å². The Morgan fingerprint density at radius 2 is 2.05 bits per heavy atom. The Morgan fingerprint density at radius 3 is 2.82 bits per heavy atom. The lowest BCUT2D eigenvalue weighted by molar-refractivity contribution is 0.00689. The number of nitriles is 1. The van der Waals surface area contributed by atoms with E-state index >= 15 is 0 Å². The number of hydrogen-bond acceptors (Lipinski definition) is 6. The highest BCUT2D eigenvalue weighted by Crippen LogP contribution is 2.35. The van der Waals surface area contributed by atoms with E-state index in [-0.39, 0.29) is 24.9 Å². The predicted octanol–water partition coefficient (Wildman–Crippen LogP) is 5.38. The van der Waals surface area contributed by atoms with Gasteiger partial charge in [0.2, 0.25) is 0 Å². The third-order valence-corrected chi connectivity index (χ3v) is 8.40. The number of carbonyl (C=O) groups is 1. The number of halogens is 2. The Kier molecular flexibility index (Phi) is 6.71. The smallest absolute Gasteiger partial charge is 0.261 e. The van der Waals surface area contributed by atoms with Crippen molar-refractivity contribution in [3.05, 3.63) is 88.2 Å². The lowest BCUT2D eigenvalue weighted by atomic mass is 9.96. The summed E-state index contributed by atoms with van der Waals surface area (Å²) in [5.41, 5.74) is 4.95. The van der Waals surface area contributed by atoms with Gasteiger partial charge in [-0.2, -0.15) is 10.4 Å². The maximum absolute atomic E-state index is 13.7. The van der Waals surface area contributed by atoms with Crippen LogP contribution in [0.2, 0.25) is 0 Å². The van der Waals surface area contributed by atoms with Gasteiger partial charge in [-0.1, -0.05) is 24.3 Å². The number of likely N-dealkylation sites (tertiary alicyclic amines) is 1. The van der Waals surface area contributed by atoms with E-state index in [0.717, 1.165) is 40.1 Å². The zero-order valence-corrected chi connectivity index (χ0v) is 21.9. The molecule has 0 spiro atoms. The van der Waals surface area contributed by atoms with Crippen LogP contribution in [0.1, 0.15) is 44.9 Å². The molecule has 1 N–H and O–H groups in total. The zero-order chi connectivity index (χ0) is 27.0. The molecule has 10 heteroatoms. The van der Waals surface area contributed by atoms with E-state index < -0.39 is 5.92 Å². The number of thiazole rings is 1. The molecule has 1 aliphatic heterocycles. The maximum atomic E-state index is 13.7. The van der Waals surface area contributed by atoms with Gasteiger partial charge in [0, 0.05) is 41.2 Å². The molecular formula is C29H26F2N6OS. The monoisotopic (exact) mass is 544 g/mol. The fraction of sp³-hybridized carbons (Fsp3) is 0.310. The van der Waals surface area contributed by atoms with Crippen molar-refractivity contribution in [2.45, 2.75) is 44.2 Å². The number of hydrogen-bond donors (Lipinski definition) is 1. The fourth-order valence-corrected chi connectivity index (χ4v) is 6.37. The average molecular weight is 545 g/mol. The van der Waals surface area contributed by atoms with Crippen LogP contribution in [0.25, 0.3) is 11.1 Å². The molecule has 6 rings (SSSR count). The number of fused-ring (bicyclic) bond motifs is 1. The van der Waals surface area contributed by atoms with Gasteiger partial charge in [0.1, 0.15) is 0 Å². The molecule has 2 aromatic heterocycles. The Balaban J connectivity index is 1.09. The summed E-state index contributed by atoms with van der Waals surface area (Å²) in [5.74, 6) is -2.83. The summed E-state index contributed by atoms with van der Waals surface area (Å²) in [6.07, 6.45) is 5.88. The normalized spacial score (nSPS) is 18.4. The number of aryl methyl sites for hydroxylation is 1. The molecule has 1 atom stereocenters. The SMILES string of the molecule is N#Cc1ccc(-c2cnn(Cc3cccc(C(=O)Nc4nc5c(s4)CC(N4CCC(F)(F)C4)CC5)c3)c2)cc1.